The lowest BCUT2D eigenvalue weighted by molar-refractivity contribution is -0.142. The van der Waals surface area contributed by atoms with E-state index in [1.807, 2.05) is 44.2 Å². The molecule has 18 heteroatoms. The third kappa shape index (κ3) is 8.87. The summed E-state index contributed by atoms with van der Waals surface area (Å²) in [6, 6.07) is 4.92. The molecule has 1 aromatic heterocycles. The van der Waals surface area contributed by atoms with Gasteiger partial charge in [0.2, 0.25) is 27.7 Å². The number of benzene rings is 1. The first kappa shape index (κ1) is 43.0. The monoisotopic (exact) mass is 832 g/mol. The predicted molar refractivity (Wildman–Crippen MR) is 209 cm³/mol. The molecule has 1 aromatic carbocycles. The predicted octanol–water partition coefficient (Wildman–Crippen LogP) is 4.51. The van der Waals surface area contributed by atoms with E-state index >= 15 is 0 Å². The van der Waals surface area contributed by atoms with E-state index in [0.29, 0.717) is 49.7 Å². The number of allylic oxidation sites excluding steroid dienone is 1. The maximum Gasteiger partial charge on any atom is 0.422 e. The van der Waals surface area contributed by atoms with Crippen LogP contribution in [0, 0.1) is 17.8 Å². The number of pyridine rings is 1. The second-order valence-electron chi connectivity index (χ2n) is 16.9. The number of alkyl halides is 2. The molecule has 4 amide bonds. The van der Waals surface area contributed by atoms with Gasteiger partial charge in [0.25, 0.3) is 12.3 Å². The summed E-state index contributed by atoms with van der Waals surface area (Å²) in [4.78, 5) is 62.0. The zero-order chi connectivity index (χ0) is 42.2. The molecule has 2 aliphatic carbocycles. The second-order valence-corrected chi connectivity index (χ2v) is 19.1. The highest BCUT2D eigenvalue weighted by molar-refractivity contribution is 7.91. The van der Waals surface area contributed by atoms with Crippen molar-refractivity contribution in [1.29, 1.82) is 0 Å². The van der Waals surface area contributed by atoms with Crippen molar-refractivity contribution in [2.75, 3.05) is 13.7 Å². The highest BCUT2D eigenvalue weighted by Crippen LogP contribution is 2.48. The van der Waals surface area contributed by atoms with Crippen LogP contribution in [-0.2, 0) is 29.1 Å². The van der Waals surface area contributed by atoms with E-state index in [2.05, 4.69) is 25.9 Å². The van der Waals surface area contributed by atoms with Gasteiger partial charge in [0.15, 0.2) is 5.60 Å². The van der Waals surface area contributed by atoms with Gasteiger partial charge < -0.3 is 24.4 Å². The minimum absolute atomic E-state index is 0.0356. The highest BCUT2D eigenvalue weighted by Gasteiger charge is 2.63. The average Bonchev–Trinajstić information content (AvgIpc) is 4.05. The van der Waals surface area contributed by atoms with Crippen molar-refractivity contribution >= 4 is 44.6 Å². The molecule has 58 heavy (non-hydrogen) atoms. The number of rotatable bonds is 11. The third-order valence-corrected chi connectivity index (χ3v) is 14.2. The quantitative estimate of drug-likeness (QED) is 0.184. The van der Waals surface area contributed by atoms with Gasteiger partial charge in [-0.15, -0.1) is 0 Å². The molecule has 1 saturated heterocycles. The summed E-state index contributed by atoms with van der Waals surface area (Å²) in [5.41, 5.74) is 1.35. The number of nitrogens with zero attached hydrogens (tertiary/aromatic N) is 2. The Morgan fingerprint density at radius 1 is 1.14 bits per heavy atom. The first-order valence-electron chi connectivity index (χ1n) is 19.8. The van der Waals surface area contributed by atoms with Crippen LogP contribution in [0.15, 0.2) is 42.6 Å². The van der Waals surface area contributed by atoms with Gasteiger partial charge in [-0.3, -0.25) is 24.5 Å². The molecule has 4 N–H and O–H groups in total. The Morgan fingerprint density at radius 3 is 2.50 bits per heavy atom. The topological polar surface area (TPSA) is 194 Å². The van der Waals surface area contributed by atoms with E-state index in [-0.39, 0.29) is 31.2 Å². The molecule has 4 aliphatic rings. The van der Waals surface area contributed by atoms with E-state index in [4.69, 9.17) is 14.2 Å². The SMILES string of the molecule is CC[C@@H]1C[C@H](C)CC/C=C\[C@@H]2C[C@@]2(C(=O)NS(=O)(=O)C2(C)CC2)NC(=O)[C@@H]2C[C@@H](Oc3ncc(OC)c4ccccc34)CN2C(=O)[C@H]1NNC(=O)OC(C)(C)C(F)F. The molecule has 0 radical (unpaired) electrons. The maximum atomic E-state index is 14.9. The van der Waals surface area contributed by atoms with Gasteiger partial charge in [0.1, 0.15) is 29.5 Å². The number of hydrogen-bond donors (Lipinski definition) is 4. The lowest BCUT2D eigenvalue weighted by atomic mass is 9.85. The Kier molecular flexibility index (Phi) is 12.3. The number of aromatic nitrogens is 1. The molecular formula is C40H54F2N6O9S. The van der Waals surface area contributed by atoms with Crippen molar-refractivity contribution < 1.29 is 50.6 Å². The highest BCUT2D eigenvalue weighted by atomic mass is 32.2. The summed E-state index contributed by atoms with van der Waals surface area (Å²) < 4.78 is 71.6. The van der Waals surface area contributed by atoms with Crippen molar-refractivity contribution in [2.24, 2.45) is 17.8 Å². The normalized spacial score (nSPS) is 29.2. The van der Waals surface area contributed by atoms with Crippen molar-refractivity contribution in [1.82, 2.24) is 30.8 Å². The Bertz CT molecular complexity index is 2050. The maximum absolute atomic E-state index is 14.9. The van der Waals surface area contributed by atoms with Crippen LogP contribution in [0.2, 0.25) is 0 Å². The minimum Gasteiger partial charge on any atom is -0.494 e. The zero-order valence-corrected chi connectivity index (χ0v) is 34.5. The van der Waals surface area contributed by atoms with E-state index < -0.39 is 86.2 Å². The van der Waals surface area contributed by atoms with Gasteiger partial charge in [-0.05, 0) is 77.2 Å². The molecule has 7 atom stereocenters. The molecule has 15 nitrogen and oxygen atoms in total. The van der Waals surface area contributed by atoms with Crippen LogP contribution in [0.1, 0.15) is 86.0 Å². The molecular weight excluding hydrogens is 779 g/mol. The summed E-state index contributed by atoms with van der Waals surface area (Å²) in [6.07, 6.45) is 3.47. The molecule has 2 aromatic rings. The Hall–Kier alpha value is -4.58. The molecule has 3 fully saturated rings. The molecule has 3 heterocycles. The average molecular weight is 833 g/mol. The number of halogens is 2. The number of sulfonamides is 1. The summed E-state index contributed by atoms with van der Waals surface area (Å²) in [6.45, 7) is 7.49. The Morgan fingerprint density at radius 2 is 1.84 bits per heavy atom. The number of hydrogen-bond acceptors (Lipinski definition) is 11. The van der Waals surface area contributed by atoms with Gasteiger partial charge in [-0.1, -0.05) is 50.6 Å². The second kappa shape index (κ2) is 16.6. The van der Waals surface area contributed by atoms with Crippen molar-refractivity contribution in [3.8, 4) is 11.6 Å². The van der Waals surface area contributed by atoms with Crippen LogP contribution in [0.3, 0.4) is 0 Å². The molecule has 0 bridgehead atoms. The van der Waals surface area contributed by atoms with Crippen LogP contribution in [0.4, 0.5) is 13.6 Å². The van der Waals surface area contributed by atoms with Crippen molar-refractivity contribution in [3.05, 3.63) is 42.6 Å². The third-order valence-electron chi connectivity index (χ3n) is 12.0. The van der Waals surface area contributed by atoms with E-state index in [9.17, 15) is 36.4 Å². The standard InChI is InChI=1S/C40H54F2N6O9S/c1-7-24-18-23(2)12-8-9-13-25-20-40(25,36(51)47-58(53,54)39(5)16-17-39)44-32(49)29-19-26(56-33-28-15-11-10-14-27(28)30(55-6)21-43-33)22-48(29)34(50)31(24)45-46-37(52)57-38(3,4)35(41)42/h9-11,13-15,21,23-26,29,31,35,45H,7-8,12,16-20,22H2,1-6H3,(H,44,49)(H,46,52)(H,47,51)/b13-9-/t23-,24-,25-,26-,29+,31+,40-/m1/s1. The number of amides is 4. The van der Waals surface area contributed by atoms with E-state index in [1.165, 1.54) is 18.2 Å². The zero-order valence-electron chi connectivity index (χ0n) is 33.7. The minimum atomic E-state index is -4.05. The lowest BCUT2D eigenvalue weighted by Gasteiger charge is -2.34. The number of carbonyl (C=O) groups is 4. The number of carbonyl (C=O) groups excluding carboxylic acids is 4. The molecule has 318 valence electrons. The molecule has 2 aliphatic heterocycles. The molecule has 2 saturated carbocycles. The largest absolute Gasteiger partial charge is 0.494 e. The first-order valence-corrected chi connectivity index (χ1v) is 21.3. The van der Waals surface area contributed by atoms with Crippen LogP contribution in [0.25, 0.3) is 10.8 Å². The summed E-state index contributed by atoms with van der Waals surface area (Å²) in [7, 11) is -2.52. The summed E-state index contributed by atoms with van der Waals surface area (Å²) >= 11 is 0. The number of ether oxygens (including phenoxy) is 3. The number of fused-ring (bicyclic) bond motifs is 3. The molecule has 6 rings (SSSR count). The van der Waals surface area contributed by atoms with Crippen LogP contribution >= 0.6 is 0 Å². The van der Waals surface area contributed by atoms with E-state index in [0.717, 1.165) is 19.2 Å². The van der Waals surface area contributed by atoms with Gasteiger partial charge >= 0.3 is 6.09 Å². The number of hydrazine groups is 1. The van der Waals surface area contributed by atoms with Crippen LogP contribution < -0.4 is 30.4 Å². The smallest absolute Gasteiger partial charge is 0.422 e. The first-order chi connectivity index (χ1) is 27.3. The van der Waals surface area contributed by atoms with Gasteiger partial charge in [-0.25, -0.2) is 32.4 Å². The van der Waals surface area contributed by atoms with E-state index in [1.54, 1.807) is 13.0 Å². The Labute approximate surface area is 337 Å². The van der Waals surface area contributed by atoms with Gasteiger partial charge in [0.05, 0.1) is 24.6 Å². The van der Waals surface area contributed by atoms with Gasteiger partial charge in [-0.2, -0.15) is 0 Å². The Balaban J connectivity index is 1.35. The fourth-order valence-corrected chi connectivity index (χ4v) is 9.13. The fourth-order valence-electron chi connectivity index (χ4n) is 7.82. The molecule has 0 spiro atoms. The van der Waals surface area contributed by atoms with Crippen LogP contribution in [0.5, 0.6) is 11.6 Å². The summed E-state index contributed by atoms with van der Waals surface area (Å²) in [5, 5.41) is 4.21. The van der Waals surface area contributed by atoms with Crippen molar-refractivity contribution in [3.63, 3.8) is 0 Å². The van der Waals surface area contributed by atoms with Crippen LogP contribution in [-0.4, -0.2) is 96.3 Å². The number of methoxy groups -OCH3 is 1. The fraction of sp³-hybridized carbons (Fsp3) is 0.625. The molecule has 0 unspecified atom stereocenters. The number of nitrogens with one attached hydrogen (secondary N) is 4. The van der Waals surface area contributed by atoms with Crippen molar-refractivity contribution in [2.45, 2.75) is 126 Å². The summed E-state index contributed by atoms with van der Waals surface area (Å²) in [5.74, 6) is -2.23. The lowest BCUT2D eigenvalue weighted by Crippen LogP contribution is -2.61. The van der Waals surface area contributed by atoms with Gasteiger partial charge in [0, 0.05) is 23.1 Å².